The summed E-state index contributed by atoms with van der Waals surface area (Å²) in [6, 6.07) is 5.25. The van der Waals surface area contributed by atoms with Crippen molar-refractivity contribution >= 4 is 5.69 Å². The molecule has 0 aromatic heterocycles. The largest absolute Gasteiger partial charge is 0.375 e. The van der Waals surface area contributed by atoms with E-state index in [-0.39, 0.29) is 11.9 Å². The maximum absolute atomic E-state index is 13.4. The molecule has 3 heteroatoms. The van der Waals surface area contributed by atoms with Crippen molar-refractivity contribution in [2.75, 3.05) is 25.6 Å². The molecule has 1 saturated heterocycles. The molecule has 0 N–H and O–H groups in total. The minimum absolute atomic E-state index is 0.130. The lowest BCUT2D eigenvalue weighted by atomic mass is 10.1. The average molecular weight is 181 g/mol. The molecule has 0 radical (unpaired) electrons. The lowest BCUT2D eigenvalue weighted by Gasteiger charge is -2.13. The van der Waals surface area contributed by atoms with Crippen molar-refractivity contribution in [3.8, 4) is 0 Å². The summed E-state index contributed by atoms with van der Waals surface area (Å²) < 4.78 is 18.5. The Balaban J connectivity index is 2.31. The van der Waals surface area contributed by atoms with Crippen molar-refractivity contribution in [1.82, 2.24) is 0 Å². The molecule has 1 heterocycles. The van der Waals surface area contributed by atoms with Gasteiger partial charge in [0.25, 0.3) is 0 Å². The molecule has 0 bridgehead atoms. The van der Waals surface area contributed by atoms with Gasteiger partial charge in [0.1, 0.15) is 11.9 Å². The van der Waals surface area contributed by atoms with Crippen LogP contribution >= 0.6 is 0 Å². The number of rotatable bonds is 2. The van der Waals surface area contributed by atoms with Gasteiger partial charge in [-0.1, -0.05) is 6.07 Å². The molecule has 1 atom stereocenters. The van der Waals surface area contributed by atoms with Gasteiger partial charge in [0, 0.05) is 14.1 Å². The molecule has 0 saturated carbocycles. The Morgan fingerprint density at radius 3 is 2.62 bits per heavy atom. The Morgan fingerprint density at radius 1 is 1.46 bits per heavy atom. The number of hydrogen-bond donors (Lipinski definition) is 0. The van der Waals surface area contributed by atoms with Gasteiger partial charge in [-0.25, -0.2) is 4.39 Å². The molecule has 0 amide bonds. The van der Waals surface area contributed by atoms with Crippen LogP contribution in [0.25, 0.3) is 0 Å². The molecule has 1 fully saturated rings. The fraction of sp³-hybridized carbons (Fsp3) is 0.400. The van der Waals surface area contributed by atoms with Gasteiger partial charge in [-0.2, -0.15) is 0 Å². The molecule has 1 aromatic carbocycles. The Hall–Kier alpha value is -1.09. The number of epoxide rings is 1. The fourth-order valence-corrected chi connectivity index (χ4v) is 1.33. The van der Waals surface area contributed by atoms with Crippen molar-refractivity contribution in [3.63, 3.8) is 0 Å². The summed E-state index contributed by atoms with van der Waals surface area (Å²) in [7, 11) is 3.65. The molecule has 2 nitrogen and oxygen atoms in total. The average Bonchev–Trinajstić information content (AvgIpc) is 2.85. The second-order valence-corrected chi connectivity index (χ2v) is 3.43. The third-order valence-electron chi connectivity index (χ3n) is 2.16. The highest BCUT2D eigenvalue weighted by Gasteiger charge is 2.25. The van der Waals surface area contributed by atoms with E-state index in [0.29, 0.717) is 5.69 Å². The first-order valence-electron chi connectivity index (χ1n) is 4.27. The Kier molecular flexibility index (Phi) is 1.96. The topological polar surface area (TPSA) is 15.8 Å². The van der Waals surface area contributed by atoms with Gasteiger partial charge in [0.15, 0.2) is 0 Å². The van der Waals surface area contributed by atoms with Crippen molar-refractivity contribution in [1.29, 1.82) is 0 Å². The van der Waals surface area contributed by atoms with E-state index in [2.05, 4.69) is 0 Å². The minimum Gasteiger partial charge on any atom is -0.375 e. The monoisotopic (exact) mass is 181 g/mol. The van der Waals surface area contributed by atoms with Crippen LogP contribution in [-0.4, -0.2) is 20.7 Å². The van der Waals surface area contributed by atoms with E-state index in [1.807, 2.05) is 20.2 Å². The number of nitrogens with zero attached hydrogens (tertiary/aromatic N) is 1. The second-order valence-electron chi connectivity index (χ2n) is 3.43. The highest BCUT2D eigenvalue weighted by molar-refractivity contribution is 5.48. The summed E-state index contributed by atoms with van der Waals surface area (Å²) >= 11 is 0. The highest BCUT2D eigenvalue weighted by atomic mass is 19.1. The van der Waals surface area contributed by atoms with Crippen LogP contribution < -0.4 is 4.90 Å². The molecule has 1 aliphatic rings. The third-order valence-corrected chi connectivity index (χ3v) is 2.16. The van der Waals surface area contributed by atoms with Crippen LogP contribution in [0.3, 0.4) is 0 Å². The summed E-state index contributed by atoms with van der Waals surface area (Å²) in [5.74, 6) is -0.182. The van der Waals surface area contributed by atoms with Crippen LogP contribution in [0.2, 0.25) is 0 Å². The van der Waals surface area contributed by atoms with Crippen molar-refractivity contribution in [2.24, 2.45) is 0 Å². The molecule has 1 aromatic rings. The van der Waals surface area contributed by atoms with Crippen LogP contribution in [0, 0.1) is 5.82 Å². The Morgan fingerprint density at radius 2 is 2.15 bits per heavy atom. The van der Waals surface area contributed by atoms with Crippen LogP contribution in [-0.2, 0) is 4.74 Å². The van der Waals surface area contributed by atoms with E-state index in [1.54, 1.807) is 17.0 Å². The minimum atomic E-state index is -0.182. The number of halogens is 1. The molecule has 0 unspecified atom stereocenters. The smallest absolute Gasteiger partial charge is 0.146 e. The molecule has 70 valence electrons. The summed E-state index contributed by atoms with van der Waals surface area (Å²) in [6.07, 6.45) is 0.130. The maximum atomic E-state index is 13.4. The van der Waals surface area contributed by atoms with Crippen molar-refractivity contribution in [2.45, 2.75) is 6.10 Å². The van der Waals surface area contributed by atoms with Crippen molar-refractivity contribution in [3.05, 3.63) is 29.6 Å². The molecule has 0 aliphatic carbocycles. The molecular formula is C10H12FNO. The van der Waals surface area contributed by atoms with Crippen LogP contribution in [0.15, 0.2) is 18.2 Å². The highest BCUT2D eigenvalue weighted by Crippen LogP contribution is 2.31. The van der Waals surface area contributed by atoms with E-state index >= 15 is 0 Å². The quantitative estimate of drug-likeness (QED) is 0.648. The van der Waals surface area contributed by atoms with Crippen molar-refractivity contribution < 1.29 is 9.13 Å². The number of benzene rings is 1. The van der Waals surface area contributed by atoms with Crippen LogP contribution in [0.4, 0.5) is 10.1 Å². The van der Waals surface area contributed by atoms with Gasteiger partial charge in [0.2, 0.25) is 0 Å². The molecular weight excluding hydrogens is 169 g/mol. The SMILES string of the molecule is CN(C)c1ccc([C@H]2CO2)cc1F. The zero-order chi connectivity index (χ0) is 9.42. The Bertz CT molecular complexity index is 321. The predicted octanol–water partition coefficient (Wildman–Crippen LogP) is 1.96. The number of anilines is 1. The zero-order valence-electron chi connectivity index (χ0n) is 7.75. The van der Waals surface area contributed by atoms with E-state index in [1.165, 1.54) is 0 Å². The lowest BCUT2D eigenvalue weighted by molar-refractivity contribution is 0.415. The first-order chi connectivity index (χ1) is 6.18. The molecule has 0 spiro atoms. The predicted molar refractivity (Wildman–Crippen MR) is 49.4 cm³/mol. The van der Waals surface area contributed by atoms with E-state index in [4.69, 9.17) is 4.74 Å². The maximum Gasteiger partial charge on any atom is 0.146 e. The first kappa shape index (κ1) is 8.51. The second kappa shape index (κ2) is 3.00. The van der Waals surface area contributed by atoms with E-state index in [9.17, 15) is 4.39 Å². The van der Waals surface area contributed by atoms with Gasteiger partial charge < -0.3 is 9.64 Å². The molecule has 1 aliphatic heterocycles. The summed E-state index contributed by atoms with van der Waals surface area (Å²) in [6.45, 7) is 0.723. The number of hydrogen-bond acceptors (Lipinski definition) is 2. The van der Waals surface area contributed by atoms with Gasteiger partial charge >= 0.3 is 0 Å². The van der Waals surface area contributed by atoms with E-state index in [0.717, 1.165) is 12.2 Å². The Labute approximate surface area is 76.9 Å². The zero-order valence-corrected chi connectivity index (χ0v) is 7.75. The lowest BCUT2D eigenvalue weighted by Crippen LogP contribution is -2.10. The molecule has 2 rings (SSSR count). The summed E-state index contributed by atoms with van der Waals surface area (Å²) in [5, 5.41) is 0. The number of ether oxygens (including phenoxy) is 1. The molecule has 13 heavy (non-hydrogen) atoms. The van der Waals surface area contributed by atoms with Gasteiger partial charge in [-0.3, -0.25) is 0 Å². The van der Waals surface area contributed by atoms with Crippen LogP contribution in [0.5, 0.6) is 0 Å². The summed E-state index contributed by atoms with van der Waals surface area (Å²) in [4.78, 5) is 1.76. The van der Waals surface area contributed by atoms with Gasteiger partial charge in [0.05, 0.1) is 12.3 Å². The van der Waals surface area contributed by atoms with E-state index < -0.39 is 0 Å². The standard InChI is InChI=1S/C10H12FNO/c1-12(2)9-4-3-7(5-8(9)11)10-6-13-10/h3-5,10H,6H2,1-2H3/t10-/m1/s1. The third kappa shape index (κ3) is 1.65. The first-order valence-corrected chi connectivity index (χ1v) is 4.27. The van der Waals surface area contributed by atoms with Gasteiger partial charge in [-0.05, 0) is 17.7 Å². The van der Waals surface area contributed by atoms with Crippen LogP contribution in [0.1, 0.15) is 11.7 Å². The fourth-order valence-electron chi connectivity index (χ4n) is 1.33. The van der Waals surface area contributed by atoms with Gasteiger partial charge in [-0.15, -0.1) is 0 Å². The summed E-state index contributed by atoms with van der Waals surface area (Å²) in [5.41, 5.74) is 1.55. The normalized spacial score (nSPS) is 20.1.